The zero-order valence-corrected chi connectivity index (χ0v) is 12.7. The Morgan fingerprint density at radius 2 is 1.70 bits per heavy atom. The molecule has 2 aromatic carbocycles. The first-order valence-electron chi connectivity index (χ1n) is 7.21. The van der Waals surface area contributed by atoms with Crippen LogP contribution < -0.4 is 4.74 Å². The van der Waals surface area contributed by atoms with Crippen molar-refractivity contribution in [1.29, 1.82) is 0 Å². The van der Waals surface area contributed by atoms with Crippen molar-refractivity contribution in [1.82, 2.24) is 9.78 Å². The Bertz CT molecular complexity index is 783. The highest BCUT2D eigenvalue weighted by atomic mass is 16.7. The van der Waals surface area contributed by atoms with Crippen molar-refractivity contribution in [2.45, 2.75) is 6.92 Å². The number of hydrogen-bond acceptors (Lipinski definition) is 4. The first kappa shape index (κ1) is 14.8. The number of rotatable bonds is 5. The zero-order valence-electron chi connectivity index (χ0n) is 12.7. The molecule has 5 heteroatoms. The Balaban J connectivity index is 1.66. The van der Waals surface area contributed by atoms with Gasteiger partial charge >= 0.3 is 5.97 Å². The van der Waals surface area contributed by atoms with E-state index in [0.29, 0.717) is 11.4 Å². The summed E-state index contributed by atoms with van der Waals surface area (Å²) in [7, 11) is 0. The zero-order chi connectivity index (χ0) is 16.1. The van der Waals surface area contributed by atoms with E-state index in [9.17, 15) is 4.79 Å². The lowest BCUT2D eigenvalue weighted by molar-refractivity contribution is 0.0134. The predicted octanol–water partition coefficient (Wildman–Crippen LogP) is 3.37. The Kier molecular flexibility index (Phi) is 4.38. The molecule has 0 fully saturated rings. The molecule has 0 radical (unpaired) electrons. The van der Waals surface area contributed by atoms with Crippen LogP contribution in [0, 0.1) is 6.92 Å². The smallest absolute Gasteiger partial charge is 0.340 e. The van der Waals surface area contributed by atoms with Crippen LogP contribution in [-0.2, 0) is 4.74 Å². The summed E-state index contributed by atoms with van der Waals surface area (Å²) in [6.45, 7) is 1.70. The van der Waals surface area contributed by atoms with E-state index in [-0.39, 0.29) is 6.79 Å². The third-order valence-corrected chi connectivity index (χ3v) is 3.21. The molecule has 0 N–H and O–H groups in total. The molecule has 0 spiro atoms. The molecule has 0 saturated heterocycles. The van der Waals surface area contributed by atoms with E-state index >= 15 is 0 Å². The highest BCUT2D eigenvalue weighted by Gasteiger charge is 2.10. The average molecular weight is 308 g/mol. The van der Waals surface area contributed by atoms with Gasteiger partial charge in [0.1, 0.15) is 0 Å². The summed E-state index contributed by atoms with van der Waals surface area (Å²) < 4.78 is 12.4. The van der Waals surface area contributed by atoms with E-state index in [1.165, 1.54) is 0 Å². The predicted molar refractivity (Wildman–Crippen MR) is 85.7 cm³/mol. The number of nitrogens with zero attached hydrogens (tertiary/aromatic N) is 2. The maximum absolute atomic E-state index is 11.9. The van der Waals surface area contributed by atoms with Crippen LogP contribution in [0.2, 0.25) is 0 Å². The van der Waals surface area contributed by atoms with E-state index in [2.05, 4.69) is 5.10 Å². The lowest BCUT2D eigenvalue weighted by Crippen LogP contribution is -2.12. The summed E-state index contributed by atoms with van der Waals surface area (Å²) in [5.41, 5.74) is 2.19. The minimum Gasteiger partial charge on any atom is -0.440 e. The molecular formula is C18H16N2O3. The molecule has 23 heavy (non-hydrogen) atoms. The maximum Gasteiger partial charge on any atom is 0.340 e. The van der Waals surface area contributed by atoms with E-state index in [1.807, 2.05) is 43.3 Å². The van der Waals surface area contributed by atoms with Crippen LogP contribution in [0.5, 0.6) is 5.88 Å². The summed E-state index contributed by atoms with van der Waals surface area (Å²) >= 11 is 0. The molecule has 0 bridgehead atoms. The molecule has 1 heterocycles. The van der Waals surface area contributed by atoms with Crippen molar-refractivity contribution < 1.29 is 14.3 Å². The van der Waals surface area contributed by atoms with Crippen LogP contribution in [0.1, 0.15) is 16.1 Å². The fourth-order valence-electron chi connectivity index (χ4n) is 2.13. The molecular weight excluding hydrogens is 292 g/mol. The quantitative estimate of drug-likeness (QED) is 0.535. The highest BCUT2D eigenvalue weighted by molar-refractivity contribution is 5.89. The van der Waals surface area contributed by atoms with Crippen molar-refractivity contribution >= 4 is 5.97 Å². The van der Waals surface area contributed by atoms with Gasteiger partial charge in [-0.25, -0.2) is 9.48 Å². The summed E-state index contributed by atoms with van der Waals surface area (Å²) in [5.74, 6) is 0.0997. The van der Waals surface area contributed by atoms with Crippen molar-refractivity contribution in [3.8, 4) is 11.6 Å². The summed E-state index contributed by atoms with van der Waals surface area (Å²) in [6, 6.07) is 20.2. The number of benzene rings is 2. The van der Waals surface area contributed by atoms with E-state index < -0.39 is 5.97 Å². The van der Waals surface area contributed by atoms with Crippen molar-refractivity contribution in [2.24, 2.45) is 0 Å². The van der Waals surface area contributed by atoms with Gasteiger partial charge in [0.2, 0.25) is 12.7 Å². The molecule has 0 saturated carbocycles. The topological polar surface area (TPSA) is 53.4 Å². The number of carbonyl (C=O) groups excluding carboxylic acids is 1. The number of ether oxygens (including phenoxy) is 2. The van der Waals surface area contributed by atoms with Gasteiger partial charge in [-0.3, -0.25) is 0 Å². The number of aromatic nitrogens is 2. The summed E-state index contributed by atoms with van der Waals surface area (Å²) in [5, 5.41) is 4.39. The van der Waals surface area contributed by atoms with Crippen LogP contribution in [0.25, 0.3) is 5.69 Å². The van der Waals surface area contributed by atoms with Crippen molar-refractivity contribution in [3.63, 3.8) is 0 Å². The van der Waals surface area contributed by atoms with Crippen LogP contribution in [-0.4, -0.2) is 22.5 Å². The normalized spacial score (nSPS) is 10.3. The Morgan fingerprint density at radius 3 is 2.39 bits per heavy atom. The largest absolute Gasteiger partial charge is 0.440 e. The Labute approximate surface area is 134 Å². The first-order valence-corrected chi connectivity index (χ1v) is 7.21. The van der Waals surface area contributed by atoms with E-state index in [0.717, 1.165) is 11.4 Å². The average Bonchev–Trinajstić information content (AvgIpc) is 2.97. The number of para-hydroxylation sites is 1. The van der Waals surface area contributed by atoms with Gasteiger partial charge in [-0.05, 0) is 31.2 Å². The number of esters is 1. The summed E-state index contributed by atoms with van der Waals surface area (Å²) in [4.78, 5) is 11.9. The Hall–Kier alpha value is -3.08. The van der Waals surface area contributed by atoms with Crippen LogP contribution in [0.15, 0.2) is 66.7 Å². The third-order valence-electron chi connectivity index (χ3n) is 3.21. The van der Waals surface area contributed by atoms with Crippen molar-refractivity contribution in [3.05, 3.63) is 78.0 Å². The molecule has 0 aliphatic heterocycles. The van der Waals surface area contributed by atoms with Gasteiger partial charge in [-0.15, -0.1) is 0 Å². The minimum atomic E-state index is -0.423. The molecule has 0 amide bonds. The molecule has 3 rings (SSSR count). The standard InChI is InChI=1S/C18H16N2O3/c1-14-12-17(20(19-14)16-10-6-3-7-11-16)22-13-23-18(21)15-8-4-2-5-9-15/h2-12H,13H2,1H3. The lowest BCUT2D eigenvalue weighted by atomic mass is 10.2. The second-order valence-corrected chi connectivity index (χ2v) is 4.93. The first-order chi connectivity index (χ1) is 11.2. The fourth-order valence-corrected chi connectivity index (χ4v) is 2.13. The number of carbonyl (C=O) groups is 1. The second kappa shape index (κ2) is 6.79. The molecule has 5 nitrogen and oxygen atoms in total. The molecule has 1 aromatic heterocycles. The van der Waals surface area contributed by atoms with Gasteiger partial charge in [0.05, 0.1) is 16.9 Å². The molecule has 0 unspecified atom stereocenters. The molecule has 0 atom stereocenters. The van der Waals surface area contributed by atoms with Crippen molar-refractivity contribution in [2.75, 3.05) is 6.79 Å². The molecule has 0 aliphatic carbocycles. The molecule has 0 aliphatic rings. The van der Waals surface area contributed by atoms with Crippen LogP contribution in [0.4, 0.5) is 0 Å². The van der Waals surface area contributed by atoms with Crippen LogP contribution in [0.3, 0.4) is 0 Å². The Morgan fingerprint density at radius 1 is 1.04 bits per heavy atom. The lowest BCUT2D eigenvalue weighted by Gasteiger charge is -2.09. The second-order valence-electron chi connectivity index (χ2n) is 4.93. The van der Waals surface area contributed by atoms with Gasteiger partial charge in [0, 0.05) is 6.07 Å². The number of aryl methyl sites for hydroxylation is 1. The molecule has 116 valence electrons. The van der Waals surface area contributed by atoms with E-state index in [4.69, 9.17) is 9.47 Å². The maximum atomic E-state index is 11.9. The van der Waals surface area contributed by atoms with E-state index in [1.54, 1.807) is 35.0 Å². The monoisotopic (exact) mass is 308 g/mol. The minimum absolute atomic E-state index is 0.175. The number of hydrogen-bond donors (Lipinski definition) is 0. The van der Waals surface area contributed by atoms with Gasteiger partial charge in [-0.2, -0.15) is 5.10 Å². The summed E-state index contributed by atoms with van der Waals surface area (Å²) in [6.07, 6.45) is 0. The van der Waals surface area contributed by atoms with Gasteiger partial charge in [0.15, 0.2) is 0 Å². The van der Waals surface area contributed by atoms with Gasteiger partial charge in [-0.1, -0.05) is 36.4 Å². The fraction of sp³-hybridized carbons (Fsp3) is 0.111. The SMILES string of the molecule is Cc1cc(OCOC(=O)c2ccccc2)n(-c2ccccc2)n1. The van der Waals surface area contributed by atoms with Crippen LogP contribution >= 0.6 is 0 Å². The third kappa shape index (κ3) is 3.58. The highest BCUT2D eigenvalue weighted by Crippen LogP contribution is 2.19. The van der Waals surface area contributed by atoms with Gasteiger partial charge < -0.3 is 9.47 Å². The molecule has 3 aromatic rings. The van der Waals surface area contributed by atoms with Gasteiger partial charge in [0.25, 0.3) is 0 Å².